The molecule has 2 rings (SSSR count). The summed E-state index contributed by atoms with van der Waals surface area (Å²) >= 11 is 0. The standard InChI is InChI=1S/C14H15FN2/c1-10-6-7-12(9-13(10)15)11(2)17-14-5-3-4-8-16-14/h3-9,11H,1-2H3,(H,16,17). The quantitative estimate of drug-likeness (QED) is 0.869. The summed E-state index contributed by atoms with van der Waals surface area (Å²) in [5.74, 6) is 0.623. The molecule has 0 radical (unpaired) electrons. The molecule has 1 aromatic heterocycles. The number of hydrogen-bond acceptors (Lipinski definition) is 2. The number of benzene rings is 1. The average Bonchev–Trinajstić information content (AvgIpc) is 2.34. The molecule has 0 spiro atoms. The smallest absolute Gasteiger partial charge is 0.126 e. The normalized spacial score (nSPS) is 12.2. The van der Waals surface area contributed by atoms with Crippen LogP contribution < -0.4 is 5.32 Å². The fraction of sp³-hybridized carbons (Fsp3) is 0.214. The van der Waals surface area contributed by atoms with Crippen molar-refractivity contribution >= 4 is 5.82 Å². The third-order valence-electron chi connectivity index (χ3n) is 2.73. The molecule has 1 atom stereocenters. The Morgan fingerprint density at radius 1 is 1.24 bits per heavy atom. The van der Waals surface area contributed by atoms with Crippen LogP contribution in [0.3, 0.4) is 0 Å². The number of aryl methyl sites for hydroxylation is 1. The molecule has 0 aliphatic carbocycles. The number of hydrogen-bond donors (Lipinski definition) is 1. The van der Waals surface area contributed by atoms with Crippen LogP contribution >= 0.6 is 0 Å². The molecule has 1 aromatic carbocycles. The van der Waals surface area contributed by atoms with E-state index in [9.17, 15) is 4.39 Å². The van der Waals surface area contributed by atoms with E-state index < -0.39 is 0 Å². The highest BCUT2D eigenvalue weighted by molar-refractivity contribution is 5.38. The highest BCUT2D eigenvalue weighted by Crippen LogP contribution is 2.19. The molecule has 17 heavy (non-hydrogen) atoms. The molecule has 1 N–H and O–H groups in total. The molecule has 88 valence electrons. The predicted octanol–water partition coefficient (Wildman–Crippen LogP) is 3.70. The van der Waals surface area contributed by atoms with Gasteiger partial charge < -0.3 is 5.32 Å². The van der Waals surface area contributed by atoms with E-state index in [1.165, 1.54) is 0 Å². The van der Waals surface area contributed by atoms with Gasteiger partial charge in [0.2, 0.25) is 0 Å². The fourth-order valence-corrected chi connectivity index (χ4v) is 1.63. The van der Waals surface area contributed by atoms with Gasteiger partial charge in [-0.3, -0.25) is 0 Å². The summed E-state index contributed by atoms with van der Waals surface area (Å²) in [5.41, 5.74) is 1.58. The second-order valence-corrected chi connectivity index (χ2v) is 4.09. The summed E-state index contributed by atoms with van der Waals surface area (Å²) in [6.07, 6.45) is 1.73. The lowest BCUT2D eigenvalue weighted by Crippen LogP contribution is -2.08. The van der Waals surface area contributed by atoms with Crippen LogP contribution in [-0.4, -0.2) is 4.98 Å². The zero-order valence-electron chi connectivity index (χ0n) is 9.94. The third kappa shape index (κ3) is 2.81. The minimum Gasteiger partial charge on any atom is -0.364 e. The average molecular weight is 230 g/mol. The van der Waals surface area contributed by atoms with Crippen LogP contribution in [0, 0.1) is 12.7 Å². The predicted molar refractivity (Wildman–Crippen MR) is 67.4 cm³/mol. The first-order valence-corrected chi connectivity index (χ1v) is 5.60. The van der Waals surface area contributed by atoms with Crippen molar-refractivity contribution in [2.24, 2.45) is 0 Å². The molecule has 3 heteroatoms. The largest absolute Gasteiger partial charge is 0.364 e. The van der Waals surface area contributed by atoms with Gasteiger partial charge in [0.05, 0.1) is 6.04 Å². The van der Waals surface area contributed by atoms with E-state index in [0.717, 1.165) is 11.4 Å². The minimum atomic E-state index is -0.169. The maximum Gasteiger partial charge on any atom is 0.126 e. The van der Waals surface area contributed by atoms with Crippen molar-refractivity contribution in [3.8, 4) is 0 Å². The molecule has 2 aromatic rings. The number of rotatable bonds is 3. The van der Waals surface area contributed by atoms with E-state index in [1.807, 2.05) is 31.2 Å². The SMILES string of the molecule is Cc1ccc(C(C)Nc2ccccn2)cc1F. The van der Waals surface area contributed by atoms with E-state index in [0.29, 0.717) is 5.56 Å². The van der Waals surface area contributed by atoms with Crippen LogP contribution in [0.2, 0.25) is 0 Å². The van der Waals surface area contributed by atoms with Gasteiger partial charge in [-0.25, -0.2) is 9.37 Å². The molecule has 0 bridgehead atoms. The number of pyridine rings is 1. The molecule has 2 nitrogen and oxygen atoms in total. The van der Waals surface area contributed by atoms with Crippen molar-refractivity contribution in [1.29, 1.82) is 0 Å². The maximum atomic E-state index is 13.4. The van der Waals surface area contributed by atoms with Gasteiger partial charge in [-0.15, -0.1) is 0 Å². The van der Waals surface area contributed by atoms with Gasteiger partial charge in [0.25, 0.3) is 0 Å². The van der Waals surface area contributed by atoms with E-state index >= 15 is 0 Å². The first-order valence-electron chi connectivity index (χ1n) is 5.60. The van der Waals surface area contributed by atoms with E-state index in [4.69, 9.17) is 0 Å². The molecular weight excluding hydrogens is 215 g/mol. The Bertz CT molecular complexity index is 497. The molecule has 0 aliphatic rings. The lowest BCUT2D eigenvalue weighted by Gasteiger charge is -2.15. The van der Waals surface area contributed by atoms with Gasteiger partial charge in [0.15, 0.2) is 0 Å². The van der Waals surface area contributed by atoms with Crippen LogP contribution in [-0.2, 0) is 0 Å². The number of aromatic nitrogens is 1. The summed E-state index contributed by atoms with van der Waals surface area (Å²) in [5, 5.41) is 3.23. The van der Waals surface area contributed by atoms with Crippen molar-refractivity contribution in [3.63, 3.8) is 0 Å². The van der Waals surface area contributed by atoms with Crippen LogP contribution in [0.15, 0.2) is 42.6 Å². The summed E-state index contributed by atoms with van der Waals surface area (Å²) < 4.78 is 13.4. The van der Waals surface area contributed by atoms with Crippen molar-refractivity contribution in [2.75, 3.05) is 5.32 Å². The van der Waals surface area contributed by atoms with E-state index in [-0.39, 0.29) is 11.9 Å². The lowest BCUT2D eigenvalue weighted by atomic mass is 10.1. The van der Waals surface area contributed by atoms with Gasteiger partial charge in [0.1, 0.15) is 11.6 Å². The van der Waals surface area contributed by atoms with Gasteiger partial charge in [-0.1, -0.05) is 18.2 Å². The van der Waals surface area contributed by atoms with Crippen molar-refractivity contribution in [3.05, 3.63) is 59.5 Å². The fourth-order valence-electron chi connectivity index (χ4n) is 1.63. The third-order valence-corrected chi connectivity index (χ3v) is 2.73. The van der Waals surface area contributed by atoms with Gasteiger partial charge in [0, 0.05) is 6.20 Å². The van der Waals surface area contributed by atoms with Crippen molar-refractivity contribution in [2.45, 2.75) is 19.9 Å². The van der Waals surface area contributed by atoms with Crippen molar-refractivity contribution < 1.29 is 4.39 Å². The first kappa shape index (κ1) is 11.6. The number of nitrogens with one attached hydrogen (secondary N) is 1. The first-order chi connectivity index (χ1) is 8.16. The van der Waals surface area contributed by atoms with Gasteiger partial charge in [-0.05, 0) is 43.2 Å². The molecule has 0 fully saturated rings. The number of anilines is 1. The molecule has 0 aliphatic heterocycles. The summed E-state index contributed by atoms with van der Waals surface area (Å²) in [7, 11) is 0. The maximum absolute atomic E-state index is 13.4. The van der Waals surface area contributed by atoms with E-state index in [2.05, 4.69) is 10.3 Å². The van der Waals surface area contributed by atoms with Crippen molar-refractivity contribution in [1.82, 2.24) is 4.98 Å². The second-order valence-electron chi connectivity index (χ2n) is 4.09. The summed E-state index contributed by atoms with van der Waals surface area (Å²) in [6, 6.07) is 11.0. The minimum absolute atomic E-state index is 0.0278. The van der Waals surface area contributed by atoms with Crippen LogP contribution in [0.25, 0.3) is 0 Å². The Balaban J connectivity index is 2.14. The monoisotopic (exact) mass is 230 g/mol. The van der Waals surface area contributed by atoms with Gasteiger partial charge in [-0.2, -0.15) is 0 Å². The highest BCUT2D eigenvalue weighted by Gasteiger charge is 2.07. The number of nitrogens with zero attached hydrogens (tertiary/aromatic N) is 1. The number of halogens is 1. The van der Waals surface area contributed by atoms with Gasteiger partial charge >= 0.3 is 0 Å². The topological polar surface area (TPSA) is 24.9 Å². The Morgan fingerprint density at radius 2 is 2.06 bits per heavy atom. The zero-order valence-corrected chi connectivity index (χ0v) is 9.94. The Kier molecular flexibility index (Phi) is 3.38. The molecule has 1 unspecified atom stereocenters. The Morgan fingerprint density at radius 3 is 2.71 bits per heavy atom. The lowest BCUT2D eigenvalue weighted by molar-refractivity contribution is 0.614. The Hall–Kier alpha value is -1.90. The van der Waals surface area contributed by atoms with Crippen LogP contribution in [0.1, 0.15) is 24.1 Å². The zero-order chi connectivity index (χ0) is 12.3. The van der Waals surface area contributed by atoms with E-state index in [1.54, 1.807) is 25.3 Å². The second kappa shape index (κ2) is 4.95. The molecule has 1 heterocycles. The molecule has 0 saturated carbocycles. The van der Waals surface area contributed by atoms with Crippen LogP contribution in [0.5, 0.6) is 0 Å². The molecular formula is C14H15FN2. The molecule has 0 amide bonds. The molecule has 0 saturated heterocycles. The summed E-state index contributed by atoms with van der Waals surface area (Å²) in [6.45, 7) is 3.74. The highest BCUT2D eigenvalue weighted by atomic mass is 19.1. The Labute approximate surface area is 101 Å². The summed E-state index contributed by atoms with van der Waals surface area (Å²) in [4.78, 5) is 4.18. The van der Waals surface area contributed by atoms with Crippen LogP contribution in [0.4, 0.5) is 10.2 Å².